The van der Waals surface area contributed by atoms with Crippen LogP contribution in [0.15, 0.2) is 121 Å². The summed E-state index contributed by atoms with van der Waals surface area (Å²) in [7, 11) is 0. The molecule has 0 aliphatic rings. The van der Waals surface area contributed by atoms with E-state index in [9.17, 15) is 23.2 Å². The van der Waals surface area contributed by atoms with Gasteiger partial charge in [-0.25, -0.2) is 4.79 Å². The number of esters is 1. The molecular formula is C29H20F3NO2. The molecule has 0 fully saturated rings. The molecule has 4 rings (SSSR count). The topological polar surface area (TPSA) is 50.1 Å². The molecule has 0 N–H and O–H groups in total. The Kier molecular flexibility index (Phi) is 6.44. The minimum atomic E-state index is -5.29. The highest BCUT2D eigenvalue weighted by Gasteiger charge is 2.62. The summed E-state index contributed by atoms with van der Waals surface area (Å²) in [6.07, 6.45) is -5.29. The van der Waals surface area contributed by atoms with Gasteiger partial charge in [-0.3, -0.25) is 0 Å². The number of carbonyl (C=O) groups excluding carboxylic acids is 1. The number of hydrogen-bond acceptors (Lipinski definition) is 3. The number of hydrogen-bond donors (Lipinski definition) is 0. The van der Waals surface area contributed by atoms with E-state index >= 15 is 0 Å². The van der Waals surface area contributed by atoms with Gasteiger partial charge in [0.25, 0.3) is 0 Å². The number of rotatable bonds is 6. The van der Waals surface area contributed by atoms with Crippen molar-refractivity contribution in [2.75, 3.05) is 0 Å². The number of ether oxygens (including phenoxy) is 1. The molecular weight excluding hydrogens is 451 g/mol. The van der Waals surface area contributed by atoms with E-state index in [-0.39, 0.29) is 11.1 Å². The summed E-state index contributed by atoms with van der Waals surface area (Å²) >= 11 is 0. The lowest BCUT2D eigenvalue weighted by Gasteiger charge is -2.47. The van der Waals surface area contributed by atoms with Crippen LogP contribution in [0.3, 0.4) is 0 Å². The molecule has 35 heavy (non-hydrogen) atoms. The van der Waals surface area contributed by atoms with E-state index in [1.807, 2.05) is 0 Å². The van der Waals surface area contributed by atoms with Gasteiger partial charge in [0.2, 0.25) is 0 Å². The first-order valence-electron chi connectivity index (χ1n) is 10.8. The van der Waals surface area contributed by atoms with Crippen LogP contribution in [0.2, 0.25) is 0 Å². The molecule has 0 aliphatic heterocycles. The lowest BCUT2D eigenvalue weighted by molar-refractivity contribution is -0.215. The fourth-order valence-corrected chi connectivity index (χ4v) is 4.49. The largest absolute Gasteiger partial charge is 0.490 e. The first kappa shape index (κ1) is 23.8. The number of halogens is 3. The van der Waals surface area contributed by atoms with Crippen molar-refractivity contribution >= 4 is 5.97 Å². The zero-order chi connectivity index (χ0) is 24.9. The molecule has 0 unspecified atom stereocenters. The van der Waals surface area contributed by atoms with Gasteiger partial charge in [-0.15, -0.1) is 0 Å². The minimum absolute atomic E-state index is 0.220. The Morgan fingerprint density at radius 1 is 0.600 bits per heavy atom. The predicted molar refractivity (Wildman–Crippen MR) is 125 cm³/mol. The van der Waals surface area contributed by atoms with Crippen LogP contribution < -0.4 is 0 Å². The number of carbonyl (C=O) groups is 1. The van der Waals surface area contributed by atoms with Gasteiger partial charge in [0.15, 0.2) is 11.0 Å². The van der Waals surface area contributed by atoms with Crippen LogP contribution in [0.25, 0.3) is 0 Å². The molecule has 0 heterocycles. The van der Waals surface area contributed by atoms with E-state index in [4.69, 9.17) is 4.74 Å². The molecule has 0 aliphatic carbocycles. The molecule has 0 atom stereocenters. The van der Waals surface area contributed by atoms with Gasteiger partial charge >= 0.3 is 12.1 Å². The van der Waals surface area contributed by atoms with E-state index in [1.165, 1.54) is 0 Å². The van der Waals surface area contributed by atoms with Crippen LogP contribution in [0, 0.1) is 11.3 Å². The second-order valence-corrected chi connectivity index (χ2v) is 7.89. The zero-order valence-electron chi connectivity index (χ0n) is 18.4. The van der Waals surface area contributed by atoms with Crippen molar-refractivity contribution < 1.29 is 22.7 Å². The molecule has 4 aromatic rings. The van der Waals surface area contributed by atoms with E-state index in [0.29, 0.717) is 11.1 Å². The van der Waals surface area contributed by atoms with Crippen LogP contribution in [0.4, 0.5) is 13.2 Å². The third-order valence-electron chi connectivity index (χ3n) is 5.95. The second-order valence-electron chi connectivity index (χ2n) is 7.89. The average Bonchev–Trinajstić information content (AvgIpc) is 2.90. The van der Waals surface area contributed by atoms with E-state index in [2.05, 4.69) is 6.07 Å². The van der Waals surface area contributed by atoms with Crippen molar-refractivity contribution in [3.05, 3.63) is 144 Å². The molecule has 0 spiro atoms. The smallest absolute Gasteiger partial charge is 0.440 e. The summed E-state index contributed by atoms with van der Waals surface area (Å²) in [5.74, 6) is -2.39. The average molecular weight is 471 g/mol. The number of nitrogens with zero attached hydrogens (tertiary/aromatic N) is 1. The first-order valence-corrected chi connectivity index (χ1v) is 10.8. The van der Waals surface area contributed by atoms with Crippen molar-refractivity contribution in [2.45, 2.75) is 17.2 Å². The third kappa shape index (κ3) is 4.06. The van der Waals surface area contributed by atoms with Gasteiger partial charge < -0.3 is 4.74 Å². The lowest BCUT2D eigenvalue weighted by atomic mass is 9.59. The van der Waals surface area contributed by atoms with Gasteiger partial charge in [-0.1, -0.05) is 121 Å². The molecule has 3 nitrogen and oxygen atoms in total. The third-order valence-corrected chi connectivity index (χ3v) is 5.95. The fourth-order valence-electron chi connectivity index (χ4n) is 4.49. The SMILES string of the molecule is N#CC(c1ccccc1)(c1ccccc1)C(OC(=O)C(F)(F)F)(c1ccccc1)c1ccccc1. The van der Waals surface area contributed by atoms with Crippen LogP contribution in [0.1, 0.15) is 22.3 Å². The fraction of sp³-hybridized carbons (Fsp3) is 0.103. The van der Waals surface area contributed by atoms with Crippen molar-refractivity contribution in [3.8, 4) is 6.07 Å². The maximum Gasteiger partial charge on any atom is 0.490 e. The van der Waals surface area contributed by atoms with Crippen LogP contribution in [-0.4, -0.2) is 12.1 Å². The number of benzene rings is 4. The van der Waals surface area contributed by atoms with Crippen molar-refractivity contribution in [1.82, 2.24) is 0 Å². The summed E-state index contributed by atoms with van der Waals surface area (Å²) in [6.45, 7) is 0. The summed E-state index contributed by atoms with van der Waals surface area (Å²) in [6, 6.07) is 35.3. The molecule has 4 aromatic carbocycles. The maximum atomic E-state index is 13.8. The Hall–Kier alpha value is -4.37. The van der Waals surface area contributed by atoms with Crippen molar-refractivity contribution in [1.29, 1.82) is 5.26 Å². The van der Waals surface area contributed by atoms with Gasteiger partial charge in [-0.05, 0) is 11.1 Å². The van der Waals surface area contributed by atoms with Gasteiger partial charge in [-0.2, -0.15) is 18.4 Å². The van der Waals surface area contributed by atoms with Crippen LogP contribution in [0.5, 0.6) is 0 Å². The maximum absolute atomic E-state index is 13.8. The monoisotopic (exact) mass is 471 g/mol. The molecule has 0 aromatic heterocycles. The highest BCUT2D eigenvalue weighted by Crippen LogP contribution is 2.54. The Bertz CT molecular complexity index is 1240. The molecule has 0 saturated carbocycles. The minimum Gasteiger partial charge on any atom is -0.440 e. The van der Waals surface area contributed by atoms with Crippen molar-refractivity contribution in [3.63, 3.8) is 0 Å². The molecule has 6 heteroatoms. The Morgan fingerprint density at radius 3 is 1.20 bits per heavy atom. The van der Waals surface area contributed by atoms with Gasteiger partial charge in [0.05, 0.1) is 6.07 Å². The lowest BCUT2D eigenvalue weighted by Crippen LogP contribution is -2.54. The molecule has 0 amide bonds. The summed E-state index contributed by atoms with van der Waals surface area (Å²) in [5.41, 5.74) is -2.90. The Morgan fingerprint density at radius 2 is 0.914 bits per heavy atom. The normalized spacial score (nSPS) is 11.9. The number of alkyl halides is 3. The standard InChI is InChI=1S/C29H20F3NO2/c30-29(31,32)26(34)35-28(24-17-9-3-10-18-24,25-19-11-4-12-20-25)27(21-33,22-13-5-1-6-14-22)23-15-7-2-8-16-23/h1-20H. The highest BCUT2D eigenvalue weighted by molar-refractivity contribution is 5.78. The van der Waals surface area contributed by atoms with E-state index in [1.54, 1.807) is 121 Å². The van der Waals surface area contributed by atoms with Crippen LogP contribution in [-0.2, 0) is 20.5 Å². The van der Waals surface area contributed by atoms with Crippen molar-refractivity contribution in [2.24, 2.45) is 0 Å². The zero-order valence-corrected chi connectivity index (χ0v) is 18.4. The first-order chi connectivity index (χ1) is 16.9. The quantitative estimate of drug-likeness (QED) is 0.300. The second kappa shape index (κ2) is 9.47. The summed E-state index contributed by atoms with van der Waals surface area (Å²) in [4.78, 5) is 12.6. The van der Waals surface area contributed by atoms with E-state index < -0.39 is 23.2 Å². The predicted octanol–water partition coefficient (Wildman–Crippen LogP) is 6.55. The molecule has 0 radical (unpaired) electrons. The molecule has 0 saturated heterocycles. The summed E-state index contributed by atoms with van der Waals surface area (Å²) in [5, 5.41) is 10.9. The highest BCUT2D eigenvalue weighted by atomic mass is 19.4. The Labute approximate surface area is 201 Å². The van der Waals surface area contributed by atoms with Gasteiger partial charge in [0.1, 0.15) is 0 Å². The summed E-state index contributed by atoms with van der Waals surface area (Å²) < 4.78 is 46.8. The molecule has 0 bridgehead atoms. The number of nitriles is 1. The van der Waals surface area contributed by atoms with E-state index in [0.717, 1.165) is 0 Å². The molecule has 174 valence electrons. The van der Waals surface area contributed by atoms with Gasteiger partial charge in [0, 0.05) is 11.1 Å². The van der Waals surface area contributed by atoms with Crippen LogP contribution >= 0.6 is 0 Å². The Balaban J connectivity index is 2.23.